The Bertz CT molecular complexity index is 779. The van der Waals surface area contributed by atoms with Crippen molar-refractivity contribution in [2.24, 2.45) is 17.3 Å². The number of nitrogens with one attached hydrogen (secondary N) is 1. The smallest absolute Gasteiger partial charge is 0.313 e. The molecule has 132 valence electrons. The summed E-state index contributed by atoms with van der Waals surface area (Å²) < 4.78 is 5.45. The third kappa shape index (κ3) is 1.38. The van der Waals surface area contributed by atoms with Crippen LogP contribution in [0, 0.1) is 17.3 Å². The maximum Gasteiger partial charge on any atom is 0.313 e. The van der Waals surface area contributed by atoms with Crippen molar-refractivity contribution in [2.75, 3.05) is 19.0 Å². The van der Waals surface area contributed by atoms with Crippen molar-refractivity contribution in [3.8, 4) is 0 Å². The molecule has 0 radical (unpaired) electrons. The van der Waals surface area contributed by atoms with Gasteiger partial charge in [-0.25, -0.2) is 0 Å². The Morgan fingerprint density at radius 3 is 3.04 bits per heavy atom. The summed E-state index contributed by atoms with van der Waals surface area (Å²) in [6.45, 7) is 3.46. The summed E-state index contributed by atoms with van der Waals surface area (Å²) in [6, 6.07) is 10.2. The van der Waals surface area contributed by atoms with E-state index in [-0.39, 0.29) is 16.8 Å². The van der Waals surface area contributed by atoms with E-state index in [1.54, 1.807) is 7.11 Å². The Morgan fingerprint density at radius 2 is 2.24 bits per heavy atom. The topological polar surface area (TPSA) is 41.6 Å². The molecule has 5 aliphatic heterocycles. The van der Waals surface area contributed by atoms with Crippen LogP contribution >= 0.6 is 0 Å². The number of ether oxygens (including phenoxy) is 1. The van der Waals surface area contributed by atoms with Crippen molar-refractivity contribution >= 4 is 11.7 Å². The van der Waals surface area contributed by atoms with Gasteiger partial charge in [0.25, 0.3) is 0 Å². The second-order valence-electron chi connectivity index (χ2n) is 9.03. The number of esters is 1. The fraction of sp³-hybridized carbons (Fsp3) is 0.667. The monoisotopic (exact) mass is 338 g/mol. The predicted molar refractivity (Wildman–Crippen MR) is 95.4 cm³/mol. The highest BCUT2D eigenvalue weighted by Crippen LogP contribution is 2.72. The van der Waals surface area contributed by atoms with Crippen molar-refractivity contribution in [3.63, 3.8) is 0 Å². The SMILES string of the molecule is CC[C@H]1CN2[C@H]3C[C@]45CC3(C(=O)OC)[C@H]1C[C@H]2[C@H]4Nc1ccccc15. The standard InChI is InChI=1S/C21H26N2O2/c1-3-12-10-23-16-8-14(12)21(19(24)25-2)11-20(9-17(21)23)13-6-4-5-7-15(13)22-18(16)20/h4-7,12,14,16-18,22H,3,8-11H2,1-2H3/t12-,14-,16-,17-,18+,20+,21?/m0/s1. The summed E-state index contributed by atoms with van der Waals surface area (Å²) in [5, 5.41) is 3.88. The lowest BCUT2D eigenvalue weighted by Crippen LogP contribution is -2.72. The van der Waals surface area contributed by atoms with E-state index in [1.165, 1.54) is 24.2 Å². The molecule has 1 spiro atoms. The number of nitrogens with zero attached hydrogens (tertiary/aromatic N) is 1. The van der Waals surface area contributed by atoms with Gasteiger partial charge in [0.2, 0.25) is 0 Å². The number of fused-ring (bicyclic) bond motifs is 2. The molecular weight excluding hydrogens is 312 g/mol. The molecule has 4 heteroatoms. The second-order valence-corrected chi connectivity index (χ2v) is 9.03. The van der Waals surface area contributed by atoms with Crippen LogP contribution in [-0.2, 0) is 14.9 Å². The number of hydrogen-bond donors (Lipinski definition) is 1. The molecule has 7 rings (SSSR count). The number of rotatable bonds is 2. The molecule has 4 saturated heterocycles. The highest BCUT2D eigenvalue weighted by Gasteiger charge is 2.77. The molecular formula is C21H26N2O2. The van der Waals surface area contributed by atoms with Crippen molar-refractivity contribution in [1.82, 2.24) is 4.90 Å². The van der Waals surface area contributed by atoms with Crippen molar-refractivity contribution < 1.29 is 9.53 Å². The highest BCUT2D eigenvalue weighted by molar-refractivity contribution is 5.82. The summed E-state index contributed by atoms with van der Waals surface area (Å²) in [6.07, 6.45) is 4.40. The van der Waals surface area contributed by atoms with E-state index in [9.17, 15) is 4.79 Å². The van der Waals surface area contributed by atoms with E-state index >= 15 is 0 Å². The lowest BCUT2D eigenvalue weighted by Gasteiger charge is -2.62. The Labute approximate surface area is 148 Å². The minimum Gasteiger partial charge on any atom is -0.469 e. The van der Waals surface area contributed by atoms with Gasteiger partial charge in [-0.1, -0.05) is 31.5 Å². The number of anilines is 1. The van der Waals surface area contributed by atoms with Gasteiger partial charge in [-0.15, -0.1) is 0 Å². The van der Waals surface area contributed by atoms with E-state index in [4.69, 9.17) is 4.74 Å². The van der Waals surface area contributed by atoms with Crippen LogP contribution in [0.15, 0.2) is 24.3 Å². The van der Waals surface area contributed by atoms with Crippen molar-refractivity contribution in [2.45, 2.75) is 56.1 Å². The summed E-state index contributed by atoms with van der Waals surface area (Å²) in [4.78, 5) is 15.9. The van der Waals surface area contributed by atoms with E-state index in [0.717, 1.165) is 19.3 Å². The fourth-order valence-corrected chi connectivity index (χ4v) is 7.85. The summed E-state index contributed by atoms with van der Waals surface area (Å²) >= 11 is 0. The van der Waals surface area contributed by atoms with Crippen LogP contribution in [0.4, 0.5) is 5.69 Å². The van der Waals surface area contributed by atoms with Gasteiger partial charge in [0.1, 0.15) is 0 Å². The quantitative estimate of drug-likeness (QED) is 0.842. The molecule has 0 aromatic heterocycles. The molecule has 1 aromatic carbocycles. The number of carbonyl (C=O) groups excluding carboxylic acids is 1. The van der Waals surface area contributed by atoms with Gasteiger partial charge in [0.15, 0.2) is 0 Å². The lowest BCUT2D eigenvalue weighted by molar-refractivity contribution is -0.186. The van der Waals surface area contributed by atoms with E-state index in [2.05, 4.69) is 41.4 Å². The lowest BCUT2D eigenvalue weighted by atomic mass is 9.56. The van der Waals surface area contributed by atoms with E-state index < -0.39 is 0 Å². The van der Waals surface area contributed by atoms with Gasteiger partial charge >= 0.3 is 5.97 Å². The molecule has 5 bridgehead atoms. The molecule has 5 heterocycles. The number of benzene rings is 1. The molecule has 1 saturated carbocycles. The number of para-hydroxylation sites is 1. The van der Waals surface area contributed by atoms with Crippen LogP contribution in [0.1, 0.15) is 38.2 Å². The van der Waals surface area contributed by atoms with E-state index in [1.807, 2.05) is 0 Å². The first kappa shape index (κ1) is 14.6. The third-order valence-electron chi connectivity index (χ3n) is 8.60. The molecule has 5 fully saturated rings. The van der Waals surface area contributed by atoms with Gasteiger partial charge < -0.3 is 10.1 Å². The normalized spacial score (nSPS) is 50.3. The molecule has 25 heavy (non-hydrogen) atoms. The Morgan fingerprint density at radius 1 is 1.40 bits per heavy atom. The minimum atomic E-state index is -0.294. The van der Waals surface area contributed by atoms with Crippen LogP contribution in [0.25, 0.3) is 0 Å². The molecule has 0 amide bonds. The Kier molecular flexibility index (Phi) is 2.57. The van der Waals surface area contributed by atoms with E-state index in [0.29, 0.717) is 30.0 Å². The zero-order valence-electron chi connectivity index (χ0n) is 15.0. The Hall–Kier alpha value is -1.55. The number of carbonyl (C=O) groups is 1. The van der Waals surface area contributed by atoms with Gasteiger partial charge in [-0.05, 0) is 42.7 Å². The zero-order chi connectivity index (χ0) is 17.0. The number of hydrogen-bond acceptors (Lipinski definition) is 4. The summed E-state index contributed by atoms with van der Waals surface area (Å²) in [5.41, 5.74) is 2.58. The van der Waals surface area contributed by atoms with Gasteiger partial charge in [-0.2, -0.15) is 0 Å². The summed E-state index contributed by atoms with van der Waals surface area (Å²) in [5.74, 6) is 1.19. The molecule has 1 aromatic rings. The van der Waals surface area contributed by atoms with Gasteiger partial charge in [-0.3, -0.25) is 9.69 Å². The number of piperidine rings is 4. The Balaban J connectivity index is 1.58. The second kappa shape index (κ2) is 4.40. The molecule has 6 aliphatic rings. The van der Waals surface area contributed by atoms with Crippen LogP contribution in [-0.4, -0.2) is 42.6 Å². The van der Waals surface area contributed by atoms with Gasteiger partial charge in [0, 0.05) is 29.7 Å². The number of methoxy groups -OCH3 is 1. The molecule has 8 atom stereocenters. The van der Waals surface area contributed by atoms with Crippen molar-refractivity contribution in [3.05, 3.63) is 29.8 Å². The first-order chi connectivity index (χ1) is 12.2. The highest BCUT2D eigenvalue weighted by atomic mass is 16.5. The fourth-order valence-electron chi connectivity index (χ4n) is 7.85. The minimum absolute atomic E-state index is 0.0611. The maximum atomic E-state index is 13.2. The maximum absolute atomic E-state index is 13.2. The van der Waals surface area contributed by atoms with Crippen LogP contribution < -0.4 is 5.32 Å². The third-order valence-corrected chi connectivity index (χ3v) is 8.60. The molecule has 1 N–H and O–H groups in total. The van der Waals surface area contributed by atoms with Crippen molar-refractivity contribution in [1.29, 1.82) is 0 Å². The van der Waals surface area contributed by atoms with Crippen LogP contribution in [0.3, 0.4) is 0 Å². The first-order valence-electron chi connectivity index (χ1n) is 9.86. The first-order valence-corrected chi connectivity index (χ1v) is 9.86. The van der Waals surface area contributed by atoms with Gasteiger partial charge in [0.05, 0.1) is 18.6 Å². The largest absolute Gasteiger partial charge is 0.469 e. The molecule has 1 aliphatic carbocycles. The predicted octanol–water partition coefficient (Wildman–Crippen LogP) is 2.78. The van der Waals surface area contributed by atoms with Crippen LogP contribution in [0.5, 0.6) is 0 Å². The zero-order valence-corrected chi connectivity index (χ0v) is 15.0. The molecule has 4 nitrogen and oxygen atoms in total. The van der Waals surface area contributed by atoms with Crippen LogP contribution in [0.2, 0.25) is 0 Å². The average Bonchev–Trinajstić information content (AvgIpc) is 3.14. The summed E-state index contributed by atoms with van der Waals surface area (Å²) in [7, 11) is 1.59. The molecule has 2 unspecified atom stereocenters. The average molecular weight is 338 g/mol.